The van der Waals surface area contributed by atoms with E-state index in [1.165, 1.54) is 4.90 Å². The van der Waals surface area contributed by atoms with Gasteiger partial charge < -0.3 is 10.0 Å². The van der Waals surface area contributed by atoms with Crippen molar-refractivity contribution in [1.82, 2.24) is 4.90 Å². The minimum atomic E-state index is -1.48. The van der Waals surface area contributed by atoms with Gasteiger partial charge in [0.15, 0.2) is 0 Å². The Balaban J connectivity index is 2.40. The summed E-state index contributed by atoms with van der Waals surface area (Å²) in [7, 11) is -1.48. The molecular formula is C10H17NO4S. The molecule has 1 atom stereocenters. The van der Waals surface area contributed by atoms with Crippen LogP contribution in [-0.4, -0.2) is 44.3 Å². The lowest BCUT2D eigenvalue weighted by molar-refractivity contribution is -0.137. The maximum Gasteiger partial charge on any atom is 0.311 e. The highest BCUT2D eigenvalue weighted by atomic mass is 32.2. The minimum Gasteiger partial charge on any atom is -0.481 e. The Labute approximate surface area is 97.3 Å². The quantitative estimate of drug-likeness (QED) is 0.761. The molecular weight excluding hydrogens is 230 g/mol. The van der Waals surface area contributed by atoms with Gasteiger partial charge in [0, 0.05) is 18.8 Å². The van der Waals surface area contributed by atoms with Crippen LogP contribution in [0.15, 0.2) is 0 Å². The van der Waals surface area contributed by atoms with E-state index in [0.29, 0.717) is 18.2 Å². The van der Waals surface area contributed by atoms with Crippen LogP contribution in [0.4, 0.5) is 4.79 Å². The molecule has 0 radical (unpaired) electrons. The monoisotopic (exact) mass is 247 g/mol. The number of carbonyl (C=O) groups is 2. The van der Waals surface area contributed by atoms with Crippen molar-refractivity contribution >= 4 is 22.0 Å². The predicted octanol–water partition coefficient (Wildman–Crippen LogP) is 1.06. The molecule has 0 aromatic rings. The van der Waals surface area contributed by atoms with Crippen molar-refractivity contribution in [2.45, 2.75) is 26.2 Å². The summed E-state index contributed by atoms with van der Waals surface area (Å²) in [6.45, 7) is 2.30. The SMILES string of the molecule is CCN(CCC(=O)O)C(=O)S(=O)CC1CC1. The Morgan fingerprint density at radius 2 is 2.06 bits per heavy atom. The van der Waals surface area contributed by atoms with Crippen molar-refractivity contribution < 1.29 is 18.9 Å². The van der Waals surface area contributed by atoms with Gasteiger partial charge in [0.05, 0.1) is 6.42 Å². The van der Waals surface area contributed by atoms with Crippen LogP contribution in [0.3, 0.4) is 0 Å². The van der Waals surface area contributed by atoms with Gasteiger partial charge >= 0.3 is 11.2 Å². The molecule has 1 fully saturated rings. The fourth-order valence-electron chi connectivity index (χ4n) is 1.32. The second-order valence-electron chi connectivity index (χ2n) is 3.94. The standard InChI is InChI=1S/C10H17NO4S/c1-2-11(6-5-9(12)13)10(14)16(15)7-8-3-4-8/h8H,2-7H2,1H3,(H,12,13). The lowest BCUT2D eigenvalue weighted by Crippen LogP contribution is -2.35. The Morgan fingerprint density at radius 3 is 2.50 bits per heavy atom. The molecule has 1 unspecified atom stereocenters. The summed E-state index contributed by atoms with van der Waals surface area (Å²) in [6, 6.07) is 0. The van der Waals surface area contributed by atoms with E-state index in [0.717, 1.165) is 12.8 Å². The summed E-state index contributed by atoms with van der Waals surface area (Å²) in [5.74, 6) is -0.0789. The van der Waals surface area contributed by atoms with E-state index in [9.17, 15) is 13.8 Å². The molecule has 0 aromatic carbocycles. The molecule has 5 nitrogen and oxygen atoms in total. The summed E-state index contributed by atoms with van der Waals surface area (Å²) in [5.41, 5.74) is 0. The average molecular weight is 247 g/mol. The number of amides is 1. The first-order valence-corrected chi connectivity index (χ1v) is 6.75. The molecule has 0 bridgehead atoms. The van der Waals surface area contributed by atoms with Crippen molar-refractivity contribution in [1.29, 1.82) is 0 Å². The first-order valence-electron chi connectivity index (χ1n) is 5.43. The number of rotatable bonds is 6. The highest BCUT2D eigenvalue weighted by Gasteiger charge is 2.28. The Bertz CT molecular complexity index is 301. The highest BCUT2D eigenvalue weighted by molar-refractivity contribution is 8.00. The minimum absolute atomic E-state index is 0.0970. The zero-order valence-corrected chi connectivity index (χ0v) is 10.2. The molecule has 92 valence electrons. The molecule has 1 rings (SSSR count). The van der Waals surface area contributed by atoms with Gasteiger partial charge in [0.1, 0.15) is 10.8 Å². The molecule has 1 amide bonds. The van der Waals surface area contributed by atoms with Gasteiger partial charge in [-0.05, 0) is 25.7 Å². The van der Waals surface area contributed by atoms with Gasteiger partial charge in [-0.2, -0.15) is 0 Å². The van der Waals surface area contributed by atoms with Crippen molar-refractivity contribution in [3.63, 3.8) is 0 Å². The molecule has 1 aliphatic carbocycles. The predicted molar refractivity (Wildman–Crippen MR) is 60.6 cm³/mol. The molecule has 16 heavy (non-hydrogen) atoms. The van der Waals surface area contributed by atoms with E-state index < -0.39 is 22.0 Å². The summed E-state index contributed by atoms with van der Waals surface area (Å²) in [5, 5.41) is 8.10. The van der Waals surface area contributed by atoms with Crippen molar-refractivity contribution in [2.75, 3.05) is 18.8 Å². The van der Waals surface area contributed by atoms with Crippen LogP contribution < -0.4 is 0 Å². The molecule has 1 aliphatic rings. The van der Waals surface area contributed by atoms with Gasteiger partial charge in [-0.1, -0.05) is 0 Å². The second kappa shape index (κ2) is 5.98. The largest absolute Gasteiger partial charge is 0.481 e. The third-order valence-corrected chi connectivity index (χ3v) is 3.94. The van der Waals surface area contributed by atoms with Gasteiger partial charge in [-0.25, -0.2) is 4.21 Å². The van der Waals surface area contributed by atoms with Crippen molar-refractivity contribution in [3.8, 4) is 0 Å². The van der Waals surface area contributed by atoms with Gasteiger partial charge in [0.25, 0.3) is 0 Å². The Hall–Kier alpha value is -0.910. The zero-order valence-electron chi connectivity index (χ0n) is 9.35. The Kier molecular flexibility index (Phi) is 4.92. The lowest BCUT2D eigenvalue weighted by atomic mass is 10.4. The summed E-state index contributed by atoms with van der Waals surface area (Å²) in [4.78, 5) is 23.4. The highest BCUT2D eigenvalue weighted by Crippen LogP contribution is 2.29. The maximum absolute atomic E-state index is 11.7. The lowest BCUT2D eigenvalue weighted by Gasteiger charge is -2.18. The average Bonchev–Trinajstić information content (AvgIpc) is 3.01. The second-order valence-corrected chi connectivity index (χ2v) is 5.32. The molecule has 0 saturated heterocycles. The number of hydrogen-bond donors (Lipinski definition) is 1. The molecule has 0 heterocycles. The molecule has 0 aliphatic heterocycles. The summed E-state index contributed by atoms with van der Waals surface area (Å²) >= 11 is 0. The first-order chi connectivity index (χ1) is 7.54. The van der Waals surface area contributed by atoms with Gasteiger partial charge in [0.2, 0.25) is 0 Å². The van der Waals surface area contributed by atoms with Crippen LogP contribution in [0.2, 0.25) is 0 Å². The topological polar surface area (TPSA) is 74.7 Å². The Morgan fingerprint density at radius 1 is 1.44 bits per heavy atom. The van der Waals surface area contributed by atoms with Gasteiger partial charge in [-0.3, -0.25) is 9.59 Å². The van der Waals surface area contributed by atoms with Crippen molar-refractivity contribution in [2.24, 2.45) is 5.92 Å². The first kappa shape index (κ1) is 13.2. The molecule has 0 aromatic heterocycles. The van der Waals surface area contributed by atoms with E-state index in [1.807, 2.05) is 0 Å². The zero-order chi connectivity index (χ0) is 12.1. The van der Waals surface area contributed by atoms with Crippen LogP contribution in [0.25, 0.3) is 0 Å². The molecule has 6 heteroatoms. The fraction of sp³-hybridized carbons (Fsp3) is 0.800. The molecule has 1 saturated carbocycles. The third-order valence-electron chi connectivity index (χ3n) is 2.51. The van der Waals surface area contributed by atoms with Crippen LogP contribution in [0.1, 0.15) is 26.2 Å². The van der Waals surface area contributed by atoms with Crippen molar-refractivity contribution in [3.05, 3.63) is 0 Å². The summed E-state index contributed by atoms with van der Waals surface area (Å²) in [6.07, 6.45) is 2.01. The van der Waals surface area contributed by atoms with E-state index in [4.69, 9.17) is 5.11 Å². The summed E-state index contributed by atoms with van der Waals surface area (Å²) < 4.78 is 11.6. The third kappa shape index (κ3) is 4.30. The van der Waals surface area contributed by atoms with E-state index >= 15 is 0 Å². The number of carboxylic acids is 1. The van der Waals surface area contributed by atoms with Crippen LogP contribution in [0, 0.1) is 5.92 Å². The number of hydrogen-bond acceptors (Lipinski definition) is 3. The van der Waals surface area contributed by atoms with E-state index in [2.05, 4.69) is 0 Å². The number of carbonyl (C=O) groups excluding carboxylic acids is 1. The maximum atomic E-state index is 11.7. The van der Waals surface area contributed by atoms with Gasteiger partial charge in [-0.15, -0.1) is 0 Å². The smallest absolute Gasteiger partial charge is 0.311 e. The fourth-order valence-corrected chi connectivity index (χ4v) is 2.74. The van der Waals surface area contributed by atoms with Crippen LogP contribution >= 0.6 is 0 Å². The van der Waals surface area contributed by atoms with E-state index in [1.54, 1.807) is 6.92 Å². The van der Waals surface area contributed by atoms with E-state index in [-0.39, 0.29) is 13.0 Å². The molecule has 1 N–H and O–H groups in total. The number of nitrogens with zero attached hydrogens (tertiary/aromatic N) is 1. The number of carboxylic acid groups (broad SMARTS) is 1. The van der Waals surface area contributed by atoms with Crippen LogP contribution in [0.5, 0.6) is 0 Å². The number of aliphatic carboxylic acids is 1. The normalized spacial score (nSPS) is 16.8. The molecule has 0 spiro atoms. The van der Waals surface area contributed by atoms with Crippen LogP contribution in [-0.2, 0) is 15.6 Å².